The van der Waals surface area contributed by atoms with Gasteiger partial charge < -0.3 is 10.2 Å². The summed E-state index contributed by atoms with van der Waals surface area (Å²) in [7, 11) is -4.14. The smallest absolute Gasteiger partial charge is 0.264 e. The highest BCUT2D eigenvalue weighted by atomic mass is 32.2. The molecule has 2 amide bonds. The van der Waals surface area contributed by atoms with Gasteiger partial charge >= 0.3 is 0 Å². The summed E-state index contributed by atoms with van der Waals surface area (Å²) in [5.74, 6) is -1.33. The summed E-state index contributed by atoms with van der Waals surface area (Å²) in [5, 5.41) is 2.93. The molecular weight excluding hydrogens is 529 g/mol. The Balaban J connectivity index is 2.07. The van der Waals surface area contributed by atoms with Crippen LogP contribution < -0.4 is 9.62 Å². The van der Waals surface area contributed by atoms with E-state index in [9.17, 15) is 22.4 Å². The summed E-state index contributed by atoms with van der Waals surface area (Å²) < 4.78 is 42.5. The predicted molar refractivity (Wildman–Crippen MR) is 156 cm³/mol. The van der Waals surface area contributed by atoms with Crippen LogP contribution in [-0.4, -0.2) is 43.3 Å². The van der Waals surface area contributed by atoms with Gasteiger partial charge in [-0.2, -0.15) is 0 Å². The number of amides is 2. The molecule has 3 aromatic rings. The molecule has 0 fully saturated rings. The number of nitrogens with zero attached hydrogens (tertiary/aromatic N) is 2. The van der Waals surface area contributed by atoms with Gasteiger partial charge in [0.15, 0.2) is 0 Å². The SMILES string of the molecule is CC[C@H](C(=O)NC(C)(C)C)N(Cc1ccc(F)cc1)C(=O)CN(c1cccc(C)c1)S(=O)(=O)c1ccc(C)cc1. The van der Waals surface area contributed by atoms with Crippen LogP contribution in [0.2, 0.25) is 0 Å². The van der Waals surface area contributed by atoms with E-state index in [1.54, 1.807) is 49.4 Å². The van der Waals surface area contributed by atoms with Crippen molar-refractivity contribution in [3.8, 4) is 0 Å². The second-order valence-corrected chi connectivity index (χ2v) is 12.8. The van der Waals surface area contributed by atoms with Gasteiger partial charge in [0.1, 0.15) is 18.4 Å². The van der Waals surface area contributed by atoms with Gasteiger partial charge in [-0.1, -0.05) is 48.9 Å². The lowest BCUT2D eigenvalue weighted by Crippen LogP contribution is -2.55. The molecule has 0 aliphatic rings. The van der Waals surface area contributed by atoms with Crippen molar-refractivity contribution in [2.45, 2.75) is 71.0 Å². The minimum absolute atomic E-state index is 0.00141. The van der Waals surface area contributed by atoms with Crippen LogP contribution in [0, 0.1) is 19.7 Å². The van der Waals surface area contributed by atoms with Gasteiger partial charge in [0.05, 0.1) is 10.6 Å². The van der Waals surface area contributed by atoms with Crippen molar-refractivity contribution in [1.29, 1.82) is 0 Å². The van der Waals surface area contributed by atoms with Crippen molar-refractivity contribution in [1.82, 2.24) is 10.2 Å². The molecule has 0 bridgehead atoms. The second-order valence-electron chi connectivity index (χ2n) is 11.0. The number of aryl methyl sites for hydroxylation is 2. The summed E-state index contributed by atoms with van der Waals surface area (Å²) >= 11 is 0. The molecule has 40 heavy (non-hydrogen) atoms. The van der Waals surface area contributed by atoms with Crippen LogP contribution in [0.3, 0.4) is 0 Å². The zero-order valence-electron chi connectivity index (χ0n) is 23.9. The van der Waals surface area contributed by atoms with Crippen molar-refractivity contribution >= 4 is 27.5 Å². The van der Waals surface area contributed by atoms with Crippen LogP contribution in [0.1, 0.15) is 50.8 Å². The number of hydrogen-bond acceptors (Lipinski definition) is 4. The number of sulfonamides is 1. The Morgan fingerprint density at radius 2 is 1.55 bits per heavy atom. The Kier molecular flexibility index (Phi) is 9.73. The number of nitrogens with one attached hydrogen (secondary N) is 1. The van der Waals surface area contributed by atoms with Gasteiger partial charge in [-0.05, 0) is 88.6 Å². The number of carbonyl (C=O) groups excluding carboxylic acids is 2. The molecule has 0 spiro atoms. The molecule has 0 saturated carbocycles. The molecule has 9 heteroatoms. The quantitative estimate of drug-likeness (QED) is 0.357. The number of benzene rings is 3. The summed E-state index contributed by atoms with van der Waals surface area (Å²) in [6, 6.07) is 18.1. The van der Waals surface area contributed by atoms with Crippen LogP contribution in [0.25, 0.3) is 0 Å². The summed E-state index contributed by atoms with van der Waals surface area (Å²) in [4.78, 5) is 28.8. The molecule has 0 unspecified atom stereocenters. The molecule has 0 aliphatic heterocycles. The van der Waals surface area contributed by atoms with Crippen molar-refractivity contribution in [3.05, 3.63) is 95.3 Å². The molecule has 1 N–H and O–H groups in total. The highest BCUT2D eigenvalue weighted by Gasteiger charge is 2.34. The Morgan fingerprint density at radius 1 is 0.925 bits per heavy atom. The molecule has 3 aromatic carbocycles. The maximum absolute atomic E-state index is 14.1. The Bertz CT molecular complexity index is 1430. The highest BCUT2D eigenvalue weighted by molar-refractivity contribution is 7.92. The summed E-state index contributed by atoms with van der Waals surface area (Å²) in [6.07, 6.45) is 0.296. The lowest BCUT2D eigenvalue weighted by atomic mass is 10.1. The maximum atomic E-state index is 14.1. The van der Waals surface area contributed by atoms with Crippen molar-refractivity contribution in [2.24, 2.45) is 0 Å². The molecule has 0 radical (unpaired) electrons. The lowest BCUT2D eigenvalue weighted by Gasteiger charge is -2.34. The van der Waals surface area contributed by atoms with Crippen molar-refractivity contribution < 1.29 is 22.4 Å². The van der Waals surface area contributed by atoms with Crippen LogP contribution in [0.4, 0.5) is 10.1 Å². The molecule has 214 valence electrons. The fourth-order valence-electron chi connectivity index (χ4n) is 4.31. The van der Waals surface area contributed by atoms with E-state index in [1.165, 1.54) is 29.2 Å². The molecule has 0 aliphatic carbocycles. The van der Waals surface area contributed by atoms with Crippen LogP contribution in [-0.2, 0) is 26.2 Å². The lowest BCUT2D eigenvalue weighted by molar-refractivity contribution is -0.141. The molecular formula is C31H38FN3O4S. The van der Waals surface area contributed by atoms with E-state index in [0.717, 1.165) is 15.4 Å². The first kappa shape index (κ1) is 30.8. The highest BCUT2D eigenvalue weighted by Crippen LogP contribution is 2.26. The zero-order valence-corrected chi connectivity index (χ0v) is 24.8. The van der Waals surface area contributed by atoms with E-state index in [0.29, 0.717) is 17.7 Å². The zero-order chi connectivity index (χ0) is 29.7. The van der Waals surface area contributed by atoms with Crippen molar-refractivity contribution in [3.63, 3.8) is 0 Å². The number of anilines is 1. The minimum Gasteiger partial charge on any atom is -0.350 e. The first-order valence-electron chi connectivity index (χ1n) is 13.2. The number of rotatable bonds is 10. The fraction of sp³-hybridized carbons (Fsp3) is 0.355. The monoisotopic (exact) mass is 567 g/mol. The predicted octanol–water partition coefficient (Wildman–Crippen LogP) is 5.36. The van der Waals surface area contributed by atoms with Gasteiger partial charge in [-0.25, -0.2) is 12.8 Å². The summed E-state index contributed by atoms with van der Waals surface area (Å²) in [5.41, 5.74) is 2.13. The number of halogens is 1. The molecule has 7 nitrogen and oxygen atoms in total. The maximum Gasteiger partial charge on any atom is 0.264 e. The third-order valence-electron chi connectivity index (χ3n) is 6.33. The summed E-state index contributed by atoms with van der Waals surface area (Å²) in [6.45, 7) is 10.5. The fourth-order valence-corrected chi connectivity index (χ4v) is 5.71. The normalized spacial score (nSPS) is 12.5. The van der Waals surface area contributed by atoms with Gasteiger partial charge in [0.25, 0.3) is 10.0 Å². The van der Waals surface area contributed by atoms with E-state index in [-0.39, 0.29) is 17.3 Å². The van der Waals surface area contributed by atoms with Gasteiger partial charge in [0.2, 0.25) is 11.8 Å². The second kappa shape index (κ2) is 12.6. The van der Waals surface area contributed by atoms with E-state index in [1.807, 2.05) is 40.7 Å². The van der Waals surface area contributed by atoms with Crippen LogP contribution in [0.15, 0.2) is 77.7 Å². The van der Waals surface area contributed by atoms with E-state index in [4.69, 9.17) is 0 Å². The molecule has 3 rings (SSSR count). The van der Waals surface area contributed by atoms with Crippen LogP contribution >= 0.6 is 0 Å². The standard InChI is InChI=1S/C31H38FN3O4S/c1-7-28(30(37)33-31(4,5)6)34(20-24-13-15-25(32)16-14-24)29(36)21-35(26-10-8-9-23(3)19-26)40(38,39)27-17-11-22(2)12-18-27/h8-19,28H,7,20-21H2,1-6H3,(H,33,37)/t28-/m1/s1. The van der Waals surface area contributed by atoms with Gasteiger partial charge in [-0.15, -0.1) is 0 Å². The number of hydrogen-bond donors (Lipinski definition) is 1. The molecule has 0 aromatic heterocycles. The topological polar surface area (TPSA) is 86.8 Å². The Labute approximate surface area is 237 Å². The Hall–Kier alpha value is -3.72. The first-order chi connectivity index (χ1) is 18.7. The number of carbonyl (C=O) groups is 2. The Morgan fingerprint density at radius 3 is 2.10 bits per heavy atom. The van der Waals surface area contributed by atoms with Crippen molar-refractivity contribution in [2.75, 3.05) is 10.8 Å². The molecule has 1 atom stereocenters. The van der Waals surface area contributed by atoms with E-state index in [2.05, 4.69) is 5.32 Å². The van der Waals surface area contributed by atoms with Crippen LogP contribution in [0.5, 0.6) is 0 Å². The van der Waals surface area contributed by atoms with E-state index < -0.39 is 39.9 Å². The minimum atomic E-state index is -4.14. The third kappa shape index (κ3) is 7.91. The van der Waals surface area contributed by atoms with E-state index >= 15 is 0 Å². The molecule has 0 saturated heterocycles. The average molecular weight is 568 g/mol. The van der Waals surface area contributed by atoms with Gasteiger partial charge in [0, 0.05) is 12.1 Å². The van der Waals surface area contributed by atoms with Gasteiger partial charge in [-0.3, -0.25) is 13.9 Å². The molecule has 0 heterocycles. The first-order valence-corrected chi connectivity index (χ1v) is 14.7. The average Bonchev–Trinajstić information content (AvgIpc) is 2.87. The third-order valence-corrected chi connectivity index (χ3v) is 8.12. The largest absolute Gasteiger partial charge is 0.350 e.